The Morgan fingerprint density at radius 3 is 2.34 bits per heavy atom. The van der Waals surface area contributed by atoms with Gasteiger partial charge in [-0.2, -0.15) is 4.31 Å². The van der Waals surface area contributed by atoms with Crippen LogP contribution in [0.5, 0.6) is 11.5 Å². The van der Waals surface area contributed by atoms with E-state index < -0.39 is 16.1 Å². The topological polar surface area (TPSA) is 76.2 Å². The maximum Gasteiger partial charge on any atom is 0.243 e. The molecule has 0 spiro atoms. The van der Waals surface area contributed by atoms with Crippen LogP contribution in [0.25, 0.3) is 0 Å². The van der Waals surface area contributed by atoms with E-state index in [-0.39, 0.29) is 10.8 Å². The molecule has 0 aromatic heterocycles. The van der Waals surface area contributed by atoms with Crippen LogP contribution in [0.3, 0.4) is 0 Å². The zero-order valence-electron chi connectivity index (χ0n) is 20.0. The van der Waals surface area contributed by atoms with E-state index in [2.05, 4.69) is 0 Å². The zero-order chi connectivity index (χ0) is 24.8. The van der Waals surface area contributed by atoms with Crippen molar-refractivity contribution in [3.05, 3.63) is 90.0 Å². The van der Waals surface area contributed by atoms with Crippen LogP contribution in [0.2, 0.25) is 0 Å². The summed E-state index contributed by atoms with van der Waals surface area (Å²) in [6.07, 6.45) is 1.16. The molecule has 0 N–H and O–H groups in total. The van der Waals surface area contributed by atoms with Crippen molar-refractivity contribution in [2.45, 2.75) is 36.9 Å². The summed E-state index contributed by atoms with van der Waals surface area (Å²) in [7, 11) is -0.463. The van der Waals surface area contributed by atoms with Gasteiger partial charge in [0.05, 0.1) is 12.0 Å². The van der Waals surface area contributed by atoms with Gasteiger partial charge in [0.1, 0.15) is 12.6 Å². The lowest BCUT2D eigenvalue weighted by molar-refractivity contribution is -0.133. The van der Waals surface area contributed by atoms with Crippen molar-refractivity contribution in [1.29, 1.82) is 0 Å². The van der Waals surface area contributed by atoms with E-state index in [1.54, 1.807) is 49.4 Å². The molecule has 0 aliphatic carbocycles. The fourth-order valence-electron chi connectivity index (χ4n) is 4.27. The summed E-state index contributed by atoms with van der Waals surface area (Å²) in [5.41, 5.74) is 1.91. The van der Waals surface area contributed by atoms with E-state index >= 15 is 0 Å². The van der Waals surface area contributed by atoms with Crippen LogP contribution in [0, 0.1) is 0 Å². The van der Waals surface area contributed by atoms with Gasteiger partial charge in [0.25, 0.3) is 0 Å². The highest BCUT2D eigenvalue weighted by Crippen LogP contribution is 2.30. The minimum Gasteiger partial charge on any atom is -0.493 e. The standard InChI is InChI=1S/C27H30N2O5S/c1-28(27(30)24-14-9-17-29(24)35(31,32)23-12-7-4-8-13-23)19-22-15-16-25(26(18-22)33-2)34-20-21-10-5-3-6-11-21/h3-8,10-13,15-16,18,24H,9,14,17,19-20H2,1-2H3. The van der Waals surface area contributed by atoms with Crippen LogP contribution in [-0.4, -0.2) is 50.3 Å². The number of amides is 1. The maximum absolute atomic E-state index is 13.3. The van der Waals surface area contributed by atoms with Crippen LogP contribution < -0.4 is 9.47 Å². The number of hydrogen-bond donors (Lipinski definition) is 0. The summed E-state index contributed by atoms with van der Waals surface area (Å²) in [5.74, 6) is 0.976. The van der Waals surface area contributed by atoms with Gasteiger partial charge in [-0.15, -0.1) is 0 Å². The molecule has 1 unspecified atom stereocenters. The molecular weight excluding hydrogens is 464 g/mol. The second-order valence-electron chi connectivity index (χ2n) is 8.54. The summed E-state index contributed by atoms with van der Waals surface area (Å²) in [6, 6.07) is 23.0. The largest absolute Gasteiger partial charge is 0.493 e. The van der Waals surface area contributed by atoms with Crippen LogP contribution in [0.15, 0.2) is 83.8 Å². The minimum absolute atomic E-state index is 0.207. The van der Waals surface area contributed by atoms with Crippen molar-refractivity contribution in [3.8, 4) is 11.5 Å². The average molecular weight is 495 g/mol. The minimum atomic E-state index is -3.74. The zero-order valence-corrected chi connectivity index (χ0v) is 20.8. The number of likely N-dealkylation sites (N-methyl/N-ethyl adjacent to an activating group) is 1. The number of methoxy groups -OCH3 is 1. The van der Waals surface area contributed by atoms with Crippen molar-refractivity contribution in [3.63, 3.8) is 0 Å². The monoisotopic (exact) mass is 494 g/mol. The summed E-state index contributed by atoms with van der Waals surface area (Å²) < 4.78 is 39.0. The van der Waals surface area contributed by atoms with Gasteiger partial charge in [-0.05, 0) is 48.2 Å². The Labute approximate surface area is 206 Å². The van der Waals surface area contributed by atoms with Gasteiger partial charge < -0.3 is 14.4 Å². The van der Waals surface area contributed by atoms with Crippen LogP contribution in [0.1, 0.15) is 24.0 Å². The van der Waals surface area contributed by atoms with E-state index in [4.69, 9.17) is 9.47 Å². The lowest BCUT2D eigenvalue weighted by atomic mass is 10.1. The first-order valence-corrected chi connectivity index (χ1v) is 13.0. The molecule has 1 heterocycles. The lowest BCUT2D eigenvalue weighted by Crippen LogP contribution is -2.46. The lowest BCUT2D eigenvalue weighted by Gasteiger charge is -2.27. The van der Waals surface area contributed by atoms with E-state index in [0.717, 1.165) is 11.1 Å². The Morgan fingerprint density at radius 2 is 1.66 bits per heavy atom. The van der Waals surface area contributed by atoms with Gasteiger partial charge in [0.15, 0.2) is 11.5 Å². The van der Waals surface area contributed by atoms with E-state index in [9.17, 15) is 13.2 Å². The number of ether oxygens (including phenoxy) is 2. The molecule has 35 heavy (non-hydrogen) atoms. The summed E-state index contributed by atoms with van der Waals surface area (Å²) >= 11 is 0. The highest BCUT2D eigenvalue weighted by molar-refractivity contribution is 7.89. The summed E-state index contributed by atoms with van der Waals surface area (Å²) in [4.78, 5) is 15.1. The number of sulfonamides is 1. The molecule has 4 rings (SSSR count). The molecule has 0 bridgehead atoms. The summed E-state index contributed by atoms with van der Waals surface area (Å²) in [6.45, 7) is 1.08. The maximum atomic E-state index is 13.3. The number of carbonyl (C=O) groups excluding carboxylic acids is 1. The third kappa shape index (κ3) is 5.66. The first-order chi connectivity index (χ1) is 16.9. The Bertz CT molecular complexity index is 1250. The van der Waals surface area contributed by atoms with Gasteiger partial charge in [0, 0.05) is 20.1 Å². The molecular formula is C27H30N2O5S. The first-order valence-electron chi connectivity index (χ1n) is 11.6. The molecule has 1 saturated heterocycles. The molecule has 0 saturated carbocycles. The van der Waals surface area contributed by atoms with Gasteiger partial charge in [-0.1, -0.05) is 54.6 Å². The quantitative estimate of drug-likeness (QED) is 0.448. The van der Waals surface area contributed by atoms with Crippen molar-refractivity contribution < 1.29 is 22.7 Å². The molecule has 8 heteroatoms. The number of nitrogens with zero attached hydrogens (tertiary/aromatic N) is 2. The molecule has 1 amide bonds. The van der Waals surface area contributed by atoms with Crippen molar-refractivity contribution in [2.75, 3.05) is 20.7 Å². The third-order valence-corrected chi connectivity index (χ3v) is 8.02. The molecule has 1 aliphatic heterocycles. The smallest absolute Gasteiger partial charge is 0.243 e. The van der Waals surface area contributed by atoms with Crippen molar-refractivity contribution in [2.24, 2.45) is 0 Å². The van der Waals surface area contributed by atoms with E-state index in [0.29, 0.717) is 44.0 Å². The van der Waals surface area contributed by atoms with E-state index in [1.807, 2.05) is 48.5 Å². The molecule has 0 radical (unpaired) electrons. The predicted octanol–water partition coefficient (Wildman–Crippen LogP) is 4.09. The predicted molar refractivity (Wildman–Crippen MR) is 134 cm³/mol. The highest BCUT2D eigenvalue weighted by Gasteiger charge is 2.40. The van der Waals surface area contributed by atoms with Crippen LogP contribution >= 0.6 is 0 Å². The molecule has 3 aromatic rings. The Kier molecular flexibility index (Phi) is 7.73. The number of benzene rings is 3. The third-order valence-electron chi connectivity index (χ3n) is 6.10. The molecule has 184 valence electrons. The fraction of sp³-hybridized carbons (Fsp3) is 0.296. The fourth-order valence-corrected chi connectivity index (χ4v) is 5.95. The van der Waals surface area contributed by atoms with Crippen LogP contribution in [0.4, 0.5) is 0 Å². The average Bonchev–Trinajstić information content (AvgIpc) is 3.39. The Balaban J connectivity index is 1.44. The summed E-state index contributed by atoms with van der Waals surface area (Å²) in [5, 5.41) is 0. The SMILES string of the molecule is COc1cc(CN(C)C(=O)C2CCCN2S(=O)(=O)c2ccccc2)ccc1OCc1ccccc1. The van der Waals surface area contributed by atoms with Gasteiger partial charge in [0.2, 0.25) is 15.9 Å². The molecule has 3 aromatic carbocycles. The Hall–Kier alpha value is -3.36. The van der Waals surface area contributed by atoms with Gasteiger partial charge >= 0.3 is 0 Å². The number of carbonyl (C=O) groups is 1. The molecule has 1 fully saturated rings. The second-order valence-corrected chi connectivity index (χ2v) is 10.4. The Morgan fingerprint density at radius 1 is 0.971 bits per heavy atom. The molecule has 1 atom stereocenters. The molecule has 1 aliphatic rings. The van der Waals surface area contributed by atoms with Crippen molar-refractivity contribution >= 4 is 15.9 Å². The van der Waals surface area contributed by atoms with Crippen LogP contribution in [-0.2, 0) is 28.0 Å². The number of hydrogen-bond acceptors (Lipinski definition) is 5. The molecule has 7 nitrogen and oxygen atoms in total. The first kappa shape index (κ1) is 24.8. The van der Waals surface area contributed by atoms with Gasteiger partial charge in [-0.3, -0.25) is 4.79 Å². The second kappa shape index (κ2) is 10.9. The van der Waals surface area contributed by atoms with E-state index in [1.165, 1.54) is 4.31 Å². The van der Waals surface area contributed by atoms with Gasteiger partial charge in [-0.25, -0.2) is 8.42 Å². The normalized spacial score (nSPS) is 16.1. The highest BCUT2D eigenvalue weighted by atomic mass is 32.2. The number of rotatable bonds is 9. The van der Waals surface area contributed by atoms with Crippen molar-refractivity contribution in [1.82, 2.24) is 9.21 Å².